The first kappa shape index (κ1) is 13.0. The van der Waals surface area contributed by atoms with Gasteiger partial charge >= 0.3 is 0 Å². The van der Waals surface area contributed by atoms with Crippen molar-refractivity contribution in [2.24, 2.45) is 0 Å². The highest BCUT2D eigenvalue weighted by atomic mass is 16.5. The van der Waals surface area contributed by atoms with Crippen LogP contribution in [-0.2, 0) is 6.42 Å². The highest BCUT2D eigenvalue weighted by Gasteiger charge is 2.09. The molecule has 0 aliphatic rings. The van der Waals surface area contributed by atoms with E-state index in [4.69, 9.17) is 9.84 Å². The van der Waals surface area contributed by atoms with Crippen LogP contribution in [0.1, 0.15) is 19.4 Å². The normalized spacial score (nSPS) is 14.5. The van der Waals surface area contributed by atoms with Crippen LogP contribution in [0.25, 0.3) is 0 Å². The zero-order valence-corrected chi connectivity index (χ0v) is 10.2. The highest BCUT2D eigenvalue weighted by Crippen LogP contribution is 2.18. The second-order valence-electron chi connectivity index (χ2n) is 4.17. The van der Waals surface area contributed by atoms with Gasteiger partial charge in [-0.05, 0) is 31.9 Å². The third-order valence-electron chi connectivity index (χ3n) is 2.56. The number of aliphatic hydroxyl groups is 1. The molecule has 16 heavy (non-hydrogen) atoms. The van der Waals surface area contributed by atoms with E-state index in [1.807, 2.05) is 25.1 Å². The predicted octanol–water partition coefficient (Wildman–Crippen LogP) is 1.60. The first-order chi connectivity index (χ1) is 7.67. The smallest absolute Gasteiger partial charge is 0.122 e. The molecule has 2 atom stereocenters. The second kappa shape index (κ2) is 6.51. The van der Waals surface area contributed by atoms with Gasteiger partial charge in [-0.15, -0.1) is 0 Å². The predicted molar refractivity (Wildman–Crippen MR) is 65.8 cm³/mol. The van der Waals surface area contributed by atoms with Gasteiger partial charge < -0.3 is 15.2 Å². The summed E-state index contributed by atoms with van der Waals surface area (Å²) in [5.74, 6) is 0.924. The van der Waals surface area contributed by atoms with Crippen molar-refractivity contribution in [2.45, 2.75) is 32.4 Å². The van der Waals surface area contributed by atoms with Crippen molar-refractivity contribution in [3.63, 3.8) is 0 Å². The maximum Gasteiger partial charge on any atom is 0.122 e. The van der Waals surface area contributed by atoms with Gasteiger partial charge in [-0.1, -0.05) is 18.2 Å². The van der Waals surface area contributed by atoms with E-state index in [2.05, 4.69) is 18.3 Å². The van der Waals surface area contributed by atoms with Crippen LogP contribution in [0.5, 0.6) is 5.75 Å². The van der Waals surface area contributed by atoms with Crippen molar-refractivity contribution in [2.75, 3.05) is 13.7 Å². The van der Waals surface area contributed by atoms with Gasteiger partial charge in [0.1, 0.15) is 5.75 Å². The number of hydrogen-bond donors (Lipinski definition) is 2. The Labute approximate surface area is 97.4 Å². The topological polar surface area (TPSA) is 41.5 Å². The molecule has 1 rings (SSSR count). The molecular weight excluding hydrogens is 202 g/mol. The fourth-order valence-corrected chi connectivity index (χ4v) is 1.80. The number of aliphatic hydroxyl groups excluding tert-OH is 1. The van der Waals surface area contributed by atoms with Crippen LogP contribution < -0.4 is 10.1 Å². The number of hydrogen-bond acceptors (Lipinski definition) is 3. The monoisotopic (exact) mass is 223 g/mol. The van der Waals surface area contributed by atoms with E-state index in [0.29, 0.717) is 6.04 Å². The minimum Gasteiger partial charge on any atom is -0.496 e. The lowest BCUT2D eigenvalue weighted by Gasteiger charge is -2.19. The Kier molecular flexibility index (Phi) is 5.29. The van der Waals surface area contributed by atoms with Crippen LogP contribution in [0, 0.1) is 0 Å². The molecule has 3 heteroatoms. The molecule has 1 aromatic rings. The molecule has 1 unspecified atom stereocenters. The maximum absolute atomic E-state index is 8.96. The fourth-order valence-electron chi connectivity index (χ4n) is 1.80. The molecule has 0 radical (unpaired) electrons. The molecular formula is C13H21NO2. The minimum absolute atomic E-state index is 0.129. The van der Waals surface area contributed by atoms with E-state index >= 15 is 0 Å². The van der Waals surface area contributed by atoms with E-state index in [1.54, 1.807) is 7.11 Å². The molecule has 0 amide bonds. The summed E-state index contributed by atoms with van der Waals surface area (Å²) in [6, 6.07) is 8.47. The Morgan fingerprint density at radius 3 is 2.56 bits per heavy atom. The SMILES string of the molecule is COc1ccccc1CC(C)N[C@@H](C)CO. The van der Waals surface area contributed by atoms with Crippen LogP contribution in [0.4, 0.5) is 0 Å². The molecule has 0 heterocycles. The van der Waals surface area contributed by atoms with Crippen LogP contribution in [0.15, 0.2) is 24.3 Å². The van der Waals surface area contributed by atoms with Crippen molar-refractivity contribution < 1.29 is 9.84 Å². The maximum atomic E-state index is 8.96. The van der Waals surface area contributed by atoms with Gasteiger partial charge in [0.25, 0.3) is 0 Å². The zero-order chi connectivity index (χ0) is 12.0. The van der Waals surface area contributed by atoms with Gasteiger partial charge in [0.05, 0.1) is 13.7 Å². The van der Waals surface area contributed by atoms with E-state index in [1.165, 1.54) is 5.56 Å². The molecule has 0 saturated carbocycles. The summed E-state index contributed by atoms with van der Waals surface area (Å²) in [6.07, 6.45) is 0.897. The third kappa shape index (κ3) is 3.83. The van der Waals surface area contributed by atoms with E-state index < -0.39 is 0 Å². The van der Waals surface area contributed by atoms with Crippen LogP contribution in [0.3, 0.4) is 0 Å². The van der Waals surface area contributed by atoms with Gasteiger partial charge in [0, 0.05) is 12.1 Å². The first-order valence-electron chi connectivity index (χ1n) is 5.66. The average Bonchev–Trinajstić information content (AvgIpc) is 2.29. The second-order valence-corrected chi connectivity index (χ2v) is 4.17. The van der Waals surface area contributed by atoms with E-state index in [9.17, 15) is 0 Å². The molecule has 3 nitrogen and oxygen atoms in total. The van der Waals surface area contributed by atoms with Crippen molar-refractivity contribution in [3.05, 3.63) is 29.8 Å². The molecule has 90 valence electrons. The van der Waals surface area contributed by atoms with Gasteiger partial charge in [-0.25, -0.2) is 0 Å². The highest BCUT2D eigenvalue weighted by molar-refractivity contribution is 5.33. The third-order valence-corrected chi connectivity index (χ3v) is 2.56. The lowest BCUT2D eigenvalue weighted by molar-refractivity contribution is 0.242. The summed E-state index contributed by atoms with van der Waals surface area (Å²) in [5, 5.41) is 12.3. The number of nitrogens with one attached hydrogen (secondary N) is 1. The Morgan fingerprint density at radius 2 is 1.94 bits per heavy atom. The molecule has 0 aromatic heterocycles. The van der Waals surface area contributed by atoms with Crippen molar-refractivity contribution in [3.8, 4) is 5.75 Å². The lowest BCUT2D eigenvalue weighted by Crippen LogP contribution is -2.38. The molecule has 1 aromatic carbocycles. The lowest BCUT2D eigenvalue weighted by atomic mass is 10.1. The van der Waals surface area contributed by atoms with Crippen LogP contribution in [0.2, 0.25) is 0 Å². The quantitative estimate of drug-likeness (QED) is 0.769. The summed E-state index contributed by atoms with van der Waals surface area (Å²) < 4.78 is 5.30. The van der Waals surface area contributed by atoms with E-state index in [0.717, 1.165) is 12.2 Å². The summed E-state index contributed by atoms with van der Waals surface area (Å²) in [7, 11) is 1.69. The fraction of sp³-hybridized carbons (Fsp3) is 0.538. The van der Waals surface area contributed by atoms with Crippen LogP contribution >= 0.6 is 0 Å². The number of para-hydroxylation sites is 1. The van der Waals surface area contributed by atoms with Crippen molar-refractivity contribution >= 4 is 0 Å². The summed E-state index contributed by atoms with van der Waals surface area (Å²) in [6.45, 7) is 4.24. The molecule has 0 aliphatic carbocycles. The van der Waals surface area contributed by atoms with Crippen LogP contribution in [-0.4, -0.2) is 30.9 Å². The average molecular weight is 223 g/mol. The Hall–Kier alpha value is -1.06. The zero-order valence-electron chi connectivity index (χ0n) is 10.2. The van der Waals surface area contributed by atoms with Crippen molar-refractivity contribution in [1.82, 2.24) is 5.32 Å². The Morgan fingerprint density at radius 1 is 1.25 bits per heavy atom. The van der Waals surface area contributed by atoms with Gasteiger partial charge in [0.15, 0.2) is 0 Å². The molecule has 2 N–H and O–H groups in total. The summed E-state index contributed by atoms with van der Waals surface area (Å²) in [5.41, 5.74) is 1.19. The van der Waals surface area contributed by atoms with Crippen molar-refractivity contribution in [1.29, 1.82) is 0 Å². The standard InChI is InChI=1S/C13H21NO2/c1-10(14-11(2)9-15)8-12-6-4-5-7-13(12)16-3/h4-7,10-11,14-15H,8-9H2,1-3H3/t10?,11-/m0/s1. The molecule has 0 spiro atoms. The molecule has 0 fully saturated rings. The number of ether oxygens (including phenoxy) is 1. The molecule has 0 aliphatic heterocycles. The minimum atomic E-state index is 0.129. The summed E-state index contributed by atoms with van der Waals surface area (Å²) >= 11 is 0. The molecule has 0 bridgehead atoms. The van der Waals surface area contributed by atoms with Gasteiger partial charge in [0.2, 0.25) is 0 Å². The number of benzene rings is 1. The molecule has 0 saturated heterocycles. The van der Waals surface area contributed by atoms with E-state index in [-0.39, 0.29) is 12.6 Å². The van der Waals surface area contributed by atoms with Gasteiger partial charge in [-0.2, -0.15) is 0 Å². The Bertz CT molecular complexity index is 315. The number of rotatable bonds is 6. The first-order valence-corrected chi connectivity index (χ1v) is 5.66. The Balaban J connectivity index is 2.58. The number of methoxy groups -OCH3 is 1. The largest absolute Gasteiger partial charge is 0.496 e. The van der Waals surface area contributed by atoms with Gasteiger partial charge in [-0.3, -0.25) is 0 Å². The summed E-state index contributed by atoms with van der Waals surface area (Å²) in [4.78, 5) is 0.